The molecule has 2 fully saturated rings. The predicted molar refractivity (Wildman–Crippen MR) is 135 cm³/mol. The van der Waals surface area contributed by atoms with Gasteiger partial charge in [0, 0.05) is 57.5 Å². The number of carbonyl (C=O) groups excluding carboxylic acids is 1. The number of ether oxygens (including phenoxy) is 1. The third-order valence-corrected chi connectivity index (χ3v) is 7.90. The van der Waals surface area contributed by atoms with E-state index in [1.807, 2.05) is 11.0 Å². The number of hydrogen-bond donors (Lipinski definition) is 2. The standard InChI is InChI=1S/C27H36FN5O3/c1-17-3-4-19(14-22(17)28)21(15-29-20-5-11-36-12-6-20)27(35)33-9-7-32(8-10-33)26-24-18(2)13-23(34)25(24)30-16-31-26/h3-4,14,16,18,20-21,23,29,34H,5-13,15H2,1-2H3/t18-,21-,23+/m1/s1. The van der Waals surface area contributed by atoms with Gasteiger partial charge in [0.2, 0.25) is 5.91 Å². The first-order valence-corrected chi connectivity index (χ1v) is 13.1. The van der Waals surface area contributed by atoms with Gasteiger partial charge in [0.25, 0.3) is 0 Å². The van der Waals surface area contributed by atoms with E-state index in [1.165, 1.54) is 12.4 Å². The summed E-state index contributed by atoms with van der Waals surface area (Å²) in [5, 5.41) is 13.9. The molecule has 36 heavy (non-hydrogen) atoms. The van der Waals surface area contributed by atoms with Crippen LogP contribution >= 0.6 is 0 Å². The molecule has 1 aromatic heterocycles. The van der Waals surface area contributed by atoms with Crippen molar-refractivity contribution in [2.24, 2.45) is 0 Å². The number of aliphatic hydroxyl groups is 1. The van der Waals surface area contributed by atoms with Gasteiger partial charge in [-0.15, -0.1) is 0 Å². The first-order chi connectivity index (χ1) is 17.4. The highest BCUT2D eigenvalue weighted by Gasteiger charge is 2.35. The van der Waals surface area contributed by atoms with Gasteiger partial charge in [0.15, 0.2) is 0 Å². The molecule has 2 saturated heterocycles. The number of rotatable bonds is 6. The number of carbonyl (C=O) groups is 1. The minimum absolute atomic E-state index is 0.0224. The van der Waals surface area contributed by atoms with Gasteiger partial charge in [0.05, 0.1) is 17.7 Å². The highest BCUT2D eigenvalue weighted by Crippen LogP contribution is 2.42. The number of fused-ring (bicyclic) bond motifs is 1. The second kappa shape index (κ2) is 10.8. The summed E-state index contributed by atoms with van der Waals surface area (Å²) in [6.45, 7) is 8.19. The van der Waals surface area contributed by atoms with Crippen LogP contribution in [0.4, 0.5) is 10.2 Å². The highest BCUT2D eigenvalue weighted by molar-refractivity contribution is 5.84. The lowest BCUT2D eigenvalue weighted by Crippen LogP contribution is -2.52. The Hall–Kier alpha value is -2.62. The molecule has 0 saturated carbocycles. The zero-order valence-corrected chi connectivity index (χ0v) is 21.1. The first kappa shape index (κ1) is 25.0. The molecule has 194 valence electrons. The van der Waals surface area contributed by atoms with Crippen LogP contribution in [0.25, 0.3) is 0 Å². The van der Waals surface area contributed by atoms with Crippen LogP contribution < -0.4 is 10.2 Å². The molecule has 0 bridgehead atoms. The molecule has 1 aromatic carbocycles. The van der Waals surface area contributed by atoms with Crippen LogP contribution in [0.1, 0.15) is 66.5 Å². The summed E-state index contributed by atoms with van der Waals surface area (Å²) < 4.78 is 19.9. The number of nitrogens with one attached hydrogen (secondary N) is 1. The number of benzene rings is 1. The molecule has 0 unspecified atom stereocenters. The number of nitrogens with zero attached hydrogens (tertiary/aromatic N) is 4. The minimum atomic E-state index is -0.543. The van der Waals surface area contributed by atoms with Gasteiger partial charge in [0.1, 0.15) is 18.0 Å². The maximum absolute atomic E-state index is 14.4. The van der Waals surface area contributed by atoms with Crippen molar-refractivity contribution in [1.29, 1.82) is 0 Å². The molecular formula is C27H36FN5O3. The second-order valence-corrected chi connectivity index (χ2v) is 10.3. The second-order valence-electron chi connectivity index (χ2n) is 10.3. The van der Waals surface area contributed by atoms with Crippen LogP contribution in [0.2, 0.25) is 0 Å². The fraction of sp³-hybridized carbons (Fsp3) is 0.593. The molecule has 3 atom stereocenters. The lowest BCUT2D eigenvalue weighted by Gasteiger charge is -2.38. The number of aryl methyl sites for hydroxylation is 1. The number of amides is 1. The van der Waals surface area contributed by atoms with E-state index in [4.69, 9.17) is 4.74 Å². The maximum atomic E-state index is 14.4. The molecule has 0 spiro atoms. The van der Waals surface area contributed by atoms with E-state index >= 15 is 0 Å². The molecular weight excluding hydrogens is 461 g/mol. The van der Waals surface area contributed by atoms with Crippen LogP contribution in [0, 0.1) is 12.7 Å². The molecule has 0 radical (unpaired) electrons. The van der Waals surface area contributed by atoms with Crippen LogP contribution in [0.5, 0.6) is 0 Å². The topological polar surface area (TPSA) is 90.8 Å². The Balaban J connectivity index is 1.29. The van der Waals surface area contributed by atoms with Crippen LogP contribution in [0.15, 0.2) is 24.5 Å². The van der Waals surface area contributed by atoms with Crippen LogP contribution in [0.3, 0.4) is 0 Å². The average molecular weight is 498 g/mol. The Morgan fingerprint density at radius 3 is 2.69 bits per heavy atom. The first-order valence-electron chi connectivity index (χ1n) is 13.1. The van der Waals surface area contributed by atoms with E-state index in [0.29, 0.717) is 56.3 Å². The van der Waals surface area contributed by atoms with Gasteiger partial charge in [-0.05, 0) is 49.3 Å². The van der Waals surface area contributed by atoms with Gasteiger partial charge in [-0.3, -0.25) is 4.79 Å². The predicted octanol–water partition coefficient (Wildman–Crippen LogP) is 2.67. The molecule has 2 aromatic rings. The van der Waals surface area contributed by atoms with Crippen molar-refractivity contribution in [3.05, 3.63) is 52.7 Å². The van der Waals surface area contributed by atoms with E-state index in [-0.39, 0.29) is 17.6 Å². The summed E-state index contributed by atoms with van der Waals surface area (Å²) in [5.41, 5.74) is 3.04. The number of hydrogen-bond acceptors (Lipinski definition) is 7. The fourth-order valence-corrected chi connectivity index (χ4v) is 5.67. The number of aliphatic hydroxyl groups excluding tert-OH is 1. The van der Waals surface area contributed by atoms with E-state index in [2.05, 4.69) is 27.1 Å². The minimum Gasteiger partial charge on any atom is -0.387 e. The van der Waals surface area contributed by atoms with Crippen molar-refractivity contribution < 1.29 is 19.0 Å². The largest absolute Gasteiger partial charge is 0.387 e. The Bertz CT molecular complexity index is 1090. The van der Waals surface area contributed by atoms with Gasteiger partial charge in [-0.1, -0.05) is 19.1 Å². The lowest BCUT2D eigenvalue weighted by atomic mass is 9.95. The van der Waals surface area contributed by atoms with E-state index < -0.39 is 12.0 Å². The van der Waals surface area contributed by atoms with E-state index in [9.17, 15) is 14.3 Å². The van der Waals surface area contributed by atoms with Crippen molar-refractivity contribution in [2.75, 3.05) is 50.8 Å². The summed E-state index contributed by atoms with van der Waals surface area (Å²) in [5.74, 6) is 0.356. The maximum Gasteiger partial charge on any atom is 0.231 e. The van der Waals surface area contributed by atoms with Gasteiger partial charge < -0.3 is 25.0 Å². The molecule has 8 nitrogen and oxygen atoms in total. The quantitative estimate of drug-likeness (QED) is 0.634. The zero-order chi connectivity index (χ0) is 25.2. The number of piperazine rings is 1. The van der Waals surface area contributed by atoms with E-state index in [0.717, 1.165) is 43.1 Å². The molecule has 5 rings (SSSR count). The molecule has 2 aliphatic heterocycles. The third kappa shape index (κ3) is 5.10. The molecule has 9 heteroatoms. The van der Waals surface area contributed by atoms with Crippen LogP contribution in [-0.2, 0) is 9.53 Å². The SMILES string of the molecule is Cc1ccc([C@@H](CNC2CCOCC2)C(=O)N2CCN(c3ncnc4c3[C@H](C)C[C@@H]4O)CC2)cc1F. The average Bonchev–Trinajstić information content (AvgIpc) is 3.20. The zero-order valence-electron chi connectivity index (χ0n) is 21.1. The number of anilines is 1. The summed E-state index contributed by atoms with van der Waals surface area (Å²) in [7, 11) is 0. The van der Waals surface area contributed by atoms with Crippen LogP contribution in [-0.4, -0.2) is 77.9 Å². The Kier molecular flexibility index (Phi) is 7.50. The Morgan fingerprint density at radius 2 is 1.97 bits per heavy atom. The molecule has 3 heterocycles. The fourth-order valence-electron chi connectivity index (χ4n) is 5.67. The van der Waals surface area contributed by atoms with E-state index in [1.54, 1.807) is 13.0 Å². The number of aromatic nitrogens is 2. The summed E-state index contributed by atoms with van der Waals surface area (Å²) in [4.78, 5) is 26.7. The Labute approximate surface area is 211 Å². The monoisotopic (exact) mass is 497 g/mol. The lowest BCUT2D eigenvalue weighted by molar-refractivity contribution is -0.133. The molecule has 2 N–H and O–H groups in total. The normalized spacial score (nSPS) is 23.6. The Morgan fingerprint density at radius 1 is 1.22 bits per heavy atom. The number of halogens is 1. The summed E-state index contributed by atoms with van der Waals surface area (Å²) in [6, 6.07) is 5.44. The van der Waals surface area contributed by atoms with Gasteiger partial charge >= 0.3 is 0 Å². The summed E-state index contributed by atoms with van der Waals surface area (Å²) in [6.07, 6.45) is 3.47. The smallest absolute Gasteiger partial charge is 0.231 e. The molecule has 3 aliphatic rings. The van der Waals surface area contributed by atoms with Crippen molar-refractivity contribution in [1.82, 2.24) is 20.2 Å². The van der Waals surface area contributed by atoms with Crippen molar-refractivity contribution in [2.45, 2.75) is 57.1 Å². The van der Waals surface area contributed by atoms with Crippen molar-refractivity contribution in [3.8, 4) is 0 Å². The van der Waals surface area contributed by atoms with Gasteiger partial charge in [-0.25, -0.2) is 14.4 Å². The van der Waals surface area contributed by atoms with Gasteiger partial charge in [-0.2, -0.15) is 0 Å². The highest BCUT2D eigenvalue weighted by atomic mass is 19.1. The summed E-state index contributed by atoms with van der Waals surface area (Å²) >= 11 is 0. The third-order valence-electron chi connectivity index (χ3n) is 7.90. The van der Waals surface area contributed by atoms with Crippen molar-refractivity contribution in [3.63, 3.8) is 0 Å². The molecule has 1 amide bonds. The van der Waals surface area contributed by atoms with Crippen molar-refractivity contribution >= 4 is 11.7 Å². The molecule has 1 aliphatic carbocycles.